The van der Waals surface area contributed by atoms with Crippen molar-refractivity contribution in [2.24, 2.45) is 4.99 Å². The lowest BCUT2D eigenvalue weighted by Gasteiger charge is -2.22. The summed E-state index contributed by atoms with van der Waals surface area (Å²) >= 11 is 0. The van der Waals surface area contributed by atoms with E-state index in [1.54, 1.807) is 28.7 Å². The van der Waals surface area contributed by atoms with Crippen molar-refractivity contribution in [1.29, 1.82) is 0 Å². The number of unbranched alkanes of at least 4 members (excludes halogenated alkanes) is 10. The van der Waals surface area contributed by atoms with Crippen LogP contribution < -0.4 is 0 Å². The first-order valence-corrected chi connectivity index (χ1v) is 27.9. The van der Waals surface area contributed by atoms with Crippen LogP contribution >= 0.6 is 0 Å². The van der Waals surface area contributed by atoms with Crippen LogP contribution in [0.5, 0.6) is 11.5 Å². The zero-order valence-electron chi connectivity index (χ0n) is 45.3. The first-order valence-electron chi connectivity index (χ1n) is 27.9. The molecule has 1 aliphatic rings. The van der Waals surface area contributed by atoms with Gasteiger partial charge in [0.1, 0.15) is 11.5 Å². The maximum absolute atomic E-state index is 16.7. The molecule has 0 saturated heterocycles. The highest BCUT2D eigenvalue weighted by Crippen LogP contribution is 2.47. The van der Waals surface area contributed by atoms with Crippen molar-refractivity contribution in [2.75, 3.05) is 0 Å². The van der Waals surface area contributed by atoms with Crippen molar-refractivity contribution < 1.29 is 14.5 Å². The normalized spacial score (nSPS) is 13.0. The SMILES string of the molecule is CCCCCCCCc1ccc(C2=CC(c3ccc(-c4ccc(O)cc4)cc3)=N/C2=C(/c2c(C)cc(C)cc2C)c2c(-c3ccc(CCCCCCCC)cc3)cc(-c3ccc(-c4ccc(O)cc4)cc3)n2[B]F)cc1. The maximum atomic E-state index is 16.7. The largest absolute Gasteiger partial charge is 0.508 e. The van der Waals surface area contributed by atoms with E-state index >= 15 is 4.32 Å². The highest BCUT2D eigenvalue weighted by molar-refractivity contribution is 6.28. The number of hydrogen-bond acceptors (Lipinski definition) is 3. The second-order valence-corrected chi connectivity index (χ2v) is 21.0. The Bertz CT molecular complexity index is 3280. The topological polar surface area (TPSA) is 57.8 Å². The third kappa shape index (κ3) is 12.6. The summed E-state index contributed by atoms with van der Waals surface area (Å²) in [6.45, 7) is 11.0. The van der Waals surface area contributed by atoms with Gasteiger partial charge in [-0.1, -0.05) is 217 Å². The Hall–Kier alpha value is -7.44. The molecular weight excluding hydrogens is 931 g/mol. The van der Waals surface area contributed by atoms with Gasteiger partial charge in [0.05, 0.1) is 11.4 Å². The molecule has 6 heteroatoms. The number of aromatic nitrogens is 1. The fourth-order valence-corrected chi connectivity index (χ4v) is 11.1. The lowest BCUT2D eigenvalue weighted by Crippen LogP contribution is -2.11. The van der Waals surface area contributed by atoms with Gasteiger partial charge in [0.25, 0.3) is 0 Å². The molecule has 7 aromatic carbocycles. The van der Waals surface area contributed by atoms with Crippen LogP contribution in [-0.2, 0) is 12.8 Å². The number of allylic oxidation sites excluding steroid dienone is 2. The monoisotopic (exact) mass is 1000 g/mol. The highest BCUT2D eigenvalue weighted by Gasteiger charge is 2.31. The van der Waals surface area contributed by atoms with Gasteiger partial charge in [-0.2, -0.15) is 0 Å². The number of phenolic OH excluding ortho intramolecular Hbond substituents is 2. The highest BCUT2D eigenvalue weighted by atomic mass is 19.1. The number of rotatable bonds is 23. The van der Waals surface area contributed by atoms with Crippen LogP contribution in [0.15, 0.2) is 181 Å². The Kier molecular flexibility index (Phi) is 17.8. The van der Waals surface area contributed by atoms with Crippen molar-refractivity contribution in [3.8, 4) is 56.1 Å². The lowest BCUT2D eigenvalue weighted by molar-refractivity contribution is 0.475. The summed E-state index contributed by atoms with van der Waals surface area (Å²) in [5.41, 5.74) is 20.7. The lowest BCUT2D eigenvalue weighted by atomic mass is 9.85. The van der Waals surface area contributed by atoms with E-state index in [1.807, 2.05) is 24.3 Å². The van der Waals surface area contributed by atoms with Crippen LogP contribution in [0.4, 0.5) is 4.32 Å². The number of aliphatic imine (C=N–C) groups is 1. The van der Waals surface area contributed by atoms with Gasteiger partial charge in [0, 0.05) is 33.7 Å². The second kappa shape index (κ2) is 25.4. The third-order valence-corrected chi connectivity index (χ3v) is 15.2. The average molecular weight is 1000 g/mol. The molecular formula is C70H73BFN2O2. The molecule has 0 fully saturated rings. The van der Waals surface area contributed by atoms with E-state index in [4.69, 9.17) is 4.99 Å². The minimum absolute atomic E-state index is 0.219. The van der Waals surface area contributed by atoms with E-state index < -0.39 is 0 Å². The van der Waals surface area contributed by atoms with Crippen molar-refractivity contribution in [3.63, 3.8) is 0 Å². The van der Waals surface area contributed by atoms with Crippen LogP contribution in [0, 0.1) is 20.8 Å². The fraction of sp³-hybridized carbons (Fsp3) is 0.271. The molecule has 8 aromatic rings. The average Bonchev–Trinajstić information content (AvgIpc) is 4.06. The predicted octanol–water partition coefficient (Wildman–Crippen LogP) is 19.0. The standard InChI is InChI=1S/C70H73BFN2O2/c1-6-8-10-12-14-16-18-51-20-24-57(25-21-51)63-46-65(59-32-28-53(29-33-59)55-36-40-61(75)41-37-55)73-69(63)68(67-49(4)44-48(3)45-50(67)5)70-64(58-26-22-52(23-27-58)19-17-15-13-11-9-7-2)47-66(74(70)71-72)60-34-30-54(31-35-60)56-38-42-62(76)43-39-56/h20-47,75-76H,6-19H2,1-5H3/b69-68-. The zero-order chi connectivity index (χ0) is 53.0. The van der Waals surface area contributed by atoms with Crippen molar-refractivity contribution in [2.45, 2.75) is 125 Å². The van der Waals surface area contributed by atoms with Gasteiger partial charge in [0.15, 0.2) is 0 Å². The molecule has 1 aromatic heterocycles. The van der Waals surface area contributed by atoms with Crippen LogP contribution in [-0.4, -0.2) is 28.1 Å². The third-order valence-electron chi connectivity index (χ3n) is 15.2. The summed E-state index contributed by atoms with van der Waals surface area (Å²) in [5.74, 6) is 0.454. The molecule has 385 valence electrons. The first-order chi connectivity index (χ1) is 37.1. The number of hydrogen-bond donors (Lipinski definition) is 2. The van der Waals surface area contributed by atoms with Crippen LogP contribution in [0.3, 0.4) is 0 Å². The minimum atomic E-state index is 0.219. The van der Waals surface area contributed by atoms with Gasteiger partial charge in [0.2, 0.25) is 0 Å². The number of halogens is 1. The van der Waals surface area contributed by atoms with E-state index in [0.29, 0.717) is 0 Å². The molecule has 0 aliphatic carbocycles. The predicted molar refractivity (Wildman–Crippen MR) is 320 cm³/mol. The molecule has 76 heavy (non-hydrogen) atoms. The molecule has 0 amide bonds. The van der Waals surface area contributed by atoms with Gasteiger partial charge in [-0.3, -0.25) is 0 Å². The molecule has 4 nitrogen and oxygen atoms in total. The number of benzene rings is 7. The molecule has 0 saturated carbocycles. The van der Waals surface area contributed by atoms with Crippen molar-refractivity contribution in [3.05, 3.63) is 226 Å². The van der Waals surface area contributed by atoms with E-state index in [-0.39, 0.29) is 11.5 Å². The van der Waals surface area contributed by atoms with E-state index in [2.05, 4.69) is 156 Å². The Morgan fingerprint density at radius 2 is 0.882 bits per heavy atom. The molecule has 0 atom stereocenters. The molecule has 1 radical (unpaired) electrons. The molecule has 0 bridgehead atoms. The number of aromatic hydroxyl groups is 2. The summed E-state index contributed by atoms with van der Waals surface area (Å²) in [6, 6.07) is 55.9. The van der Waals surface area contributed by atoms with Crippen molar-refractivity contribution in [1.82, 2.24) is 4.48 Å². The van der Waals surface area contributed by atoms with Crippen LogP contribution in [0.25, 0.3) is 55.8 Å². The second-order valence-electron chi connectivity index (χ2n) is 21.0. The Morgan fingerprint density at radius 3 is 1.36 bits per heavy atom. The summed E-state index contributed by atoms with van der Waals surface area (Å²) < 4.78 is 18.5. The van der Waals surface area contributed by atoms with Gasteiger partial charge in [-0.15, -0.1) is 0 Å². The summed E-state index contributed by atoms with van der Waals surface area (Å²) in [5, 5.41) is 20.1. The molecule has 0 spiro atoms. The van der Waals surface area contributed by atoms with E-state index in [1.165, 1.54) is 81.8 Å². The van der Waals surface area contributed by atoms with Gasteiger partial charge in [-0.05, 0) is 150 Å². The first kappa shape index (κ1) is 53.4. The molecule has 2 heterocycles. The van der Waals surface area contributed by atoms with Crippen LogP contribution in [0.2, 0.25) is 0 Å². The summed E-state index contributed by atoms with van der Waals surface area (Å²) in [6.07, 6.45) is 19.3. The zero-order valence-corrected chi connectivity index (χ0v) is 45.3. The molecule has 0 unspecified atom stereocenters. The number of nitrogens with zero attached hydrogens (tertiary/aromatic N) is 2. The fourth-order valence-electron chi connectivity index (χ4n) is 11.1. The van der Waals surface area contributed by atoms with Gasteiger partial charge in [-0.25, -0.2) is 4.99 Å². The maximum Gasteiger partial charge on any atom is 0.495 e. The minimum Gasteiger partial charge on any atom is -0.508 e. The van der Waals surface area contributed by atoms with Crippen molar-refractivity contribution >= 4 is 24.5 Å². The number of phenols is 2. The van der Waals surface area contributed by atoms with E-state index in [0.717, 1.165) is 133 Å². The quantitative estimate of drug-likeness (QED) is 0.0495. The Balaban J connectivity index is 1.24. The van der Waals surface area contributed by atoms with Gasteiger partial charge < -0.3 is 19.0 Å². The van der Waals surface area contributed by atoms with E-state index in [9.17, 15) is 10.2 Å². The molecule has 1 aliphatic heterocycles. The molecule has 2 N–H and O–H groups in total. The number of aryl methyl sites for hydroxylation is 5. The smallest absolute Gasteiger partial charge is 0.495 e. The van der Waals surface area contributed by atoms with Crippen LogP contribution in [0.1, 0.15) is 141 Å². The summed E-state index contributed by atoms with van der Waals surface area (Å²) in [7, 11) is 0.733. The Morgan fingerprint density at radius 1 is 0.474 bits per heavy atom. The van der Waals surface area contributed by atoms with Gasteiger partial charge >= 0.3 is 7.69 Å². The Labute approximate surface area is 452 Å². The summed E-state index contributed by atoms with van der Waals surface area (Å²) in [4.78, 5) is 5.72. The molecule has 9 rings (SSSR count).